The first-order chi connectivity index (χ1) is 8.66. The molecule has 1 aromatic rings. The van der Waals surface area contributed by atoms with Crippen LogP contribution in [0.4, 0.5) is 0 Å². The highest BCUT2D eigenvalue weighted by molar-refractivity contribution is 5.81. The number of piperidine rings is 1. The predicted molar refractivity (Wildman–Crippen MR) is 68.1 cm³/mol. The van der Waals surface area contributed by atoms with Gasteiger partial charge in [0, 0.05) is 25.3 Å². The van der Waals surface area contributed by atoms with Crippen molar-refractivity contribution in [3.8, 4) is 5.75 Å². The number of pyridine rings is 1. The lowest BCUT2D eigenvalue weighted by atomic mass is 10.1. The Hall–Kier alpha value is -1.62. The molecule has 1 aliphatic heterocycles. The molecule has 2 N–H and O–H groups in total. The van der Waals surface area contributed by atoms with Crippen molar-refractivity contribution >= 4 is 5.91 Å². The smallest absolute Gasteiger partial charge is 0.263 e. The van der Waals surface area contributed by atoms with E-state index in [-0.39, 0.29) is 11.9 Å². The van der Waals surface area contributed by atoms with Crippen LogP contribution in [0.2, 0.25) is 0 Å². The molecular formula is C13H19N3O2. The Balaban J connectivity index is 1.92. The minimum atomic E-state index is -0.500. The van der Waals surface area contributed by atoms with Crippen LogP contribution in [-0.4, -0.2) is 41.0 Å². The second-order valence-electron chi connectivity index (χ2n) is 4.64. The summed E-state index contributed by atoms with van der Waals surface area (Å²) in [6.07, 6.45) is 4.72. The molecule has 0 unspecified atom stereocenters. The molecule has 0 aromatic carbocycles. The lowest BCUT2D eigenvalue weighted by Crippen LogP contribution is -2.49. The fourth-order valence-corrected chi connectivity index (χ4v) is 2.14. The van der Waals surface area contributed by atoms with Crippen LogP contribution in [0.15, 0.2) is 24.5 Å². The molecule has 5 heteroatoms. The first kappa shape index (κ1) is 12.8. The first-order valence-electron chi connectivity index (χ1n) is 6.28. The number of aromatic nitrogens is 1. The molecular weight excluding hydrogens is 230 g/mol. The van der Waals surface area contributed by atoms with E-state index in [1.807, 2.05) is 0 Å². The van der Waals surface area contributed by atoms with Gasteiger partial charge in [-0.3, -0.25) is 9.78 Å². The number of nitrogens with two attached hydrogens (primary N) is 1. The first-order valence-corrected chi connectivity index (χ1v) is 6.28. The van der Waals surface area contributed by atoms with E-state index in [9.17, 15) is 4.79 Å². The van der Waals surface area contributed by atoms with E-state index in [4.69, 9.17) is 10.5 Å². The molecule has 2 rings (SSSR count). The fourth-order valence-electron chi connectivity index (χ4n) is 2.14. The molecule has 1 fully saturated rings. The number of carbonyl (C=O) groups excluding carboxylic acids is 1. The molecule has 5 nitrogen and oxygen atoms in total. The van der Waals surface area contributed by atoms with Gasteiger partial charge in [-0.2, -0.15) is 0 Å². The number of amides is 1. The van der Waals surface area contributed by atoms with Gasteiger partial charge in [-0.1, -0.05) is 0 Å². The molecule has 0 saturated carbocycles. The second kappa shape index (κ2) is 5.82. The standard InChI is InChI=1S/C13H19N3O2/c1-10(18-12-5-2-6-15-8-12)13(17)16-7-3-4-11(14)9-16/h2,5-6,8,10-11H,3-4,7,9,14H2,1H3/t10-,11-/m0/s1. The van der Waals surface area contributed by atoms with Gasteiger partial charge in [0.1, 0.15) is 5.75 Å². The highest BCUT2D eigenvalue weighted by Crippen LogP contribution is 2.13. The monoisotopic (exact) mass is 249 g/mol. The molecule has 98 valence electrons. The normalized spacial score (nSPS) is 21.4. The van der Waals surface area contributed by atoms with E-state index < -0.39 is 6.10 Å². The SMILES string of the molecule is C[C@H](Oc1cccnc1)C(=O)N1CCC[C@H](N)C1. The van der Waals surface area contributed by atoms with E-state index in [2.05, 4.69) is 4.98 Å². The summed E-state index contributed by atoms with van der Waals surface area (Å²) in [5, 5.41) is 0. The molecule has 0 bridgehead atoms. The topological polar surface area (TPSA) is 68.5 Å². The van der Waals surface area contributed by atoms with Crippen molar-refractivity contribution in [2.75, 3.05) is 13.1 Å². The summed E-state index contributed by atoms with van der Waals surface area (Å²) < 4.78 is 5.57. The van der Waals surface area contributed by atoms with Gasteiger partial charge in [-0.05, 0) is 31.9 Å². The third kappa shape index (κ3) is 3.20. The molecule has 1 saturated heterocycles. The third-order valence-corrected chi connectivity index (χ3v) is 3.06. The Bertz CT molecular complexity index is 396. The van der Waals surface area contributed by atoms with Crippen LogP contribution in [0.25, 0.3) is 0 Å². The lowest BCUT2D eigenvalue weighted by molar-refractivity contribution is -0.139. The van der Waals surface area contributed by atoms with Gasteiger partial charge >= 0.3 is 0 Å². The van der Waals surface area contributed by atoms with Gasteiger partial charge in [0.05, 0.1) is 6.20 Å². The van der Waals surface area contributed by atoms with Crippen LogP contribution in [0.5, 0.6) is 5.75 Å². The molecule has 0 radical (unpaired) electrons. The van der Waals surface area contributed by atoms with Crippen molar-refractivity contribution in [2.24, 2.45) is 5.73 Å². The maximum atomic E-state index is 12.2. The fraction of sp³-hybridized carbons (Fsp3) is 0.538. The summed E-state index contributed by atoms with van der Waals surface area (Å²) in [6.45, 7) is 3.16. The molecule has 2 atom stereocenters. The Kier molecular flexibility index (Phi) is 4.15. The summed E-state index contributed by atoms with van der Waals surface area (Å²) in [6, 6.07) is 3.66. The highest BCUT2D eigenvalue weighted by Gasteiger charge is 2.26. The third-order valence-electron chi connectivity index (χ3n) is 3.06. The number of hydrogen-bond acceptors (Lipinski definition) is 4. The summed E-state index contributed by atoms with van der Waals surface area (Å²) in [5.74, 6) is 0.605. The summed E-state index contributed by atoms with van der Waals surface area (Å²) in [7, 11) is 0. The Morgan fingerprint density at radius 3 is 3.17 bits per heavy atom. The molecule has 1 aromatic heterocycles. The van der Waals surface area contributed by atoms with Crippen LogP contribution in [0.3, 0.4) is 0 Å². The number of hydrogen-bond donors (Lipinski definition) is 1. The van der Waals surface area contributed by atoms with Crippen molar-refractivity contribution < 1.29 is 9.53 Å². The zero-order chi connectivity index (χ0) is 13.0. The number of ether oxygens (including phenoxy) is 1. The number of carbonyl (C=O) groups is 1. The Morgan fingerprint density at radius 1 is 1.67 bits per heavy atom. The van der Waals surface area contributed by atoms with Gasteiger partial charge < -0.3 is 15.4 Å². The van der Waals surface area contributed by atoms with Crippen LogP contribution in [0.1, 0.15) is 19.8 Å². The predicted octanol–water partition coefficient (Wildman–Crippen LogP) is 0.799. The number of rotatable bonds is 3. The van der Waals surface area contributed by atoms with Gasteiger partial charge in [-0.25, -0.2) is 0 Å². The van der Waals surface area contributed by atoms with Crippen molar-refractivity contribution in [1.82, 2.24) is 9.88 Å². The lowest BCUT2D eigenvalue weighted by Gasteiger charge is -2.32. The average molecular weight is 249 g/mol. The van der Waals surface area contributed by atoms with E-state index in [0.29, 0.717) is 12.3 Å². The largest absolute Gasteiger partial charge is 0.479 e. The molecule has 1 amide bonds. The zero-order valence-corrected chi connectivity index (χ0v) is 10.6. The van der Waals surface area contributed by atoms with Crippen LogP contribution < -0.4 is 10.5 Å². The van der Waals surface area contributed by atoms with Crippen molar-refractivity contribution in [2.45, 2.75) is 31.9 Å². The number of likely N-dealkylation sites (tertiary alicyclic amines) is 1. The van der Waals surface area contributed by atoms with E-state index >= 15 is 0 Å². The molecule has 2 heterocycles. The van der Waals surface area contributed by atoms with Crippen LogP contribution in [-0.2, 0) is 4.79 Å². The van der Waals surface area contributed by atoms with Crippen molar-refractivity contribution in [1.29, 1.82) is 0 Å². The van der Waals surface area contributed by atoms with E-state index in [1.54, 1.807) is 36.4 Å². The van der Waals surface area contributed by atoms with Crippen LogP contribution >= 0.6 is 0 Å². The van der Waals surface area contributed by atoms with E-state index in [1.165, 1.54) is 0 Å². The number of nitrogens with zero attached hydrogens (tertiary/aromatic N) is 2. The Morgan fingerprint density at radius 2 is 2.50 bits per heavy atom. The molecule has 1 aliphatic rings. The van der Waals surface area contributed by atoms with Crippen molar-refractivity contribution in [3.63, 3.8) is 0 Å². The van der Waals surface area contributed by atoms with Gasteiger partial charge in [0.2, 0.25) is 0 Å². The molecule has 0 aliphatic carbocycles. The summed E-state index contributed by atoms with van der Waals surface area (Å²) in [4.78, 5) is 17.9. The van der Waals surface area contributed by atoms with Gasteiger partial charge in [0.25, 0.3) is 5.91 Å². The maximum absolute atomic E-state index is 12.2. The summed E-state index contributed by atoms with van der Waals surface area (Å²) >= 11 is 0. The minimum absolute atomic E-state index is 0.00555. The van der Waals surface area contributed by atoms with Crippen molar-refractivity contribution in [3.05, 3.63) is 24.5 Å². The zero-order valence-electron chi connectivity index (χ0n) is 10.6. The van der Waals surface area contributed by atoms with Gasteiger partial charge in [0.15, 0.2) is 6.10 Å². The quantitative estimate of drug-likeness (QED) is 0.860. The molecule has 18 heavy (non-hydrogen) atoms. The highest BCUT2D eigenvalue weighted by atomic mass is 16.5. The molecule has 0 spiro atoms. The average Bonchev–Trinajstić information content (AvgIpc) is 2.39. The maximum Gasteiger partial charge on any atom is 0.263 e. The van der Waals surface area contributed by atoms with E-state index in [0.717, 1.165) is 19.4 Å². The van der Waals surface area contributed by atoms with Crippen LogP contribution in [0, 0.1) is 0 Å². The Labute approximate surface area is 107 Å². The summed E-state index contributed by atoms with van der Waals surface area (Å²) in [5.41, 5.74) is 5.87. The minimum Gasteiger partial charge on any atom is -0.479 e. The second-order valence-corrected chi connectivity index (χ2v) is 4.64. The van der Waals surface area contributed by atoms with Gasteiger partial charge in [-0.15, -0.1) is 0 Å².